The van der Waals surface area contributed by atoms with Crippen LogP contribution in [0.15, 0.2) is 29.2 Å². The lowest BCUT2D eigenvalue weighted by Gasteiger charge is -2.27. The zero-order valence-corrected chi connectivity index (χ0v) is 16.2. The second-order valence-corrected chi connectivity index (χ2v) is 9.50. The third kappa shape index (κ3) is 3.14. The largest absolute Gasteiger partial charge is 0.476 e. The van der Waals surface area contributed by atoms with E-state index >= 15 is 0 Å². The molecule has 140 valence electrons. The summed E-state index contributed by atoms with van der Waals surface area (Å²) < 4.78 is 28.8. The minimum Gasteiger partial charge on any atom is -0.476 e. The number of benzene rings is 1. The van der Waals surface area contributed by atoms with Gasteiger partial charge in [0.2, 0.25) is 10.0 Å². The van der Waals surface area contributed by atoms with Crippen molar-refractivity contribution in [3.05, 3.63) is 46.8 Å². The van der Waals surface area contributed by atoms with Crippen molar-refractivity contribution in [2.24, 2.45) is 7.05 Å². The highest BCUT2D eigenvalue weighted by Crippen LogP contribution is 2.28. The van der Waals surface area contributed by atoms with Crippen LogP contribution in [-0.2, 0) is 35.5 Å². The lowest BCUT2D eigenvalue weighted by molar-refractivity contribution is 0.0688. The molecule has 1 aromatic heterocycles. The van der Waals surface area contributed by atoms with Crippen molar-refractivity contribution < 1.29 is 18.3 Å². The molecule has 7 nitrogen and oxygen atoms in total. The van der Waals surface area contributed by atoms with E-state index in [1.165, 1.54) is 8.99 Å². The van der Waals surface area contributed by atoms with Gasteiger partial charge in [0.1, 0.15) is 0 Å². The molecular weight excluding hydrogens is 354 g/mol. The number of aryl methyl sites for hydroxylation is 1. The van der Waals surface area contributed by atoms with Crippen LogP contribution in [-0.4, -0.2) is 40.1 Å². The van der Waals surface area contributed by atoms with Crippen LogP contribution in [0.25, 0.3) is 0 Å². The SMILES string of the molecule is Cn1nc(C(=O)O)c2c1CN(S(=O)(=O)c1ccc(C(C)(C)C)cc1)CC2. The maximum absolute atomic E-state index is 13.0. The Morgan fingerprint density at radius 2 is 1.81 bits per heavy atom. The number of sulfonamides is 1. The number of carboxylic acids is 1. The lowest BCUT2D eigenvalue weighted by Crippen LogP contribution is -2.36. The predicted molar refractivity (Wildman–Crippen MR) is 96.6 cm³/mol. The van der Waals surface area contributed by atoms with E-state index in [1.54, 1.807) is 19.2 Å². The molecule has 1 aliphatic rings. The van der Waals surface area contributed by atoms with Gasteiger partial charge in [0.05, 0.1) is 17.1 Å². The molecule has 1 aliphatic heterocycles. The van der Waals surface area contributed by atoms with Crippen molar-refractivity contribution in [2.75, 3.05) is 6.54 Å². The molecular formula is C18H23N3O4S. The van der Waals surface area contributed by atoms with E-state index in [0.717, 1.165) is 5.56 Å². The molecule has 0 saturated carbocycles. The van der Waals surface area contributed by atoms with Crippen LogP contribution in [0.1, 0.15) is 48.1 Å². The summed E-state index contributed by atoms with van der Waals surface area (Å²) in [5.41, 5.74) is 2.27. The van der Waals surface area contributed by atoms with E-state index in [9.17, 15) is 18.3 Å². The van der Waals surface area contributed by atoms with E-state index < -0.39 is 16.0 Å². The highest BCUT2D eigenvalue weighted by atomic mass is 32.2. The van der Waals surface area contributed by atoms with E-state index in [4.69, 9.17) is 0 Å². The highest BCUT2D eigenvalue weighted by molar-refractivity contribution is 7.89. The zero-order chi connectivity index (χ0) is 19.3. The second-order valence-electron chi connectivity index (χ2n) is 7.57. The van der Waals surface area contributed by atoms with Gasteiger partial charge >= 0.3 is 5.97 Å². The Hall–Kier alpha value is -2.19. The summed E-state index contributed by atoms with van der Waals surface area (Å²) >= 11 is 0. The van der Waals surface area contributed by atoms with Gasteiger partial charge in [-0.15, -0.1) is 0 Å². The monoisotopic (exact) mass is 377 g/mol. The Kier molecular flexibility index (Phi) is 4.44. The first-order valence-corrected chi connectivity index (χ1v) is 9.84. The van der Waals surface area contributed by atoms with E-state index in [2.05, 4.69) is 25.9 Å². The summed E-state index contributed by atoms with van der Waals surface area (Å²) in [6.07, 6.45) is 0.337. The summed E-state index contributed by atoms with van der Waals surface area (Å²) in [6, 6.07) is 6.96. The molecule has 0 atom stereocenters. The number of nitrogens with zero attached hydrogens (tertiary/aromatic N) is 3. The fourth-order valence-electron chi connectivity index (χ4n) is 3.20. The van der Waals surface area contributed by atoms with Gasteiger partial charge in [0.25, 0.3) is 0 Å². The quantitative estimate of drug-likeness (QED) is 0.885. The molecule has 0 unspecified atom stereocenters. The fourth-order valence-corrected chi connectivity index (χ4v) is 4.60. The highest BCUT2D eigenvalue weighted by Gasteiger charge is 2.33. The maximum Gasteiger partial charge on any atom is 0.356 e. The Bertz CT molecular complexity index is 954. The van der Waals surface area contributed by atoms with Crippen molar-refractivity contribution in [1.29, 1.82) is 0 Å². The number of hydrogen-bond acceptors (Lipinski definition) is 4. The van der Waals surface area contributed by atoms with Crippen LogP contribution < -0.4 is 0 Å². The number of rotatable bonds is 3. The first-order chi connectivity index (χ1) is 12.0. The molecule has 1 N–H and O–H groups in total. The molecule has 1 aromatic carbocycles. The second kappa shape index (κ2) is 6.21. The van der Waals surface area contributed by atoms with Gasteiger partial charge in [-0.2, -0.15) is 9.40 Å². The molecule has 2 heterocycles. The third-order valence-electron chi connectivity index (χ3n) is 4.77. The van der Waals surface area contributed by atoms with Crippen molar-refractivity contribution in [3.63, 3.8) is 0 Å². The van der Waals surface area contributed by atoms with Gasteiger partial charge < -0.3 is 5.11 Å². The summed E-state index contributed by atoms with van der Waals surface area (Å²) in [7, 11) is -2.01. The maximum atomic E-state index is 13.0. The summed E-state index contributed by atoms with van der Waals surface area (Å²) in [5.74, 6) is -1.09. The Labute approximate surface area is 153 Å². The van der Waals surface area contributed by atoms with Gasteiger partial charge in [-0.05, 0) is 29.5 Å². The predicted octanol–water partition coefficient (Wildman–Crippen LogP) is 2.16. The average Bonchev–Trinajstić information content (AvgIpc) is 2.91. The normalized spacial score (nSPS) is 15.7. The number of aromatic carboxylic acids is 1. The van der Waals surface area contributed by atoms with Gasteiger partial charge in [-0.25, -0.2) is 13.2 Å². The lowest BCUT2D eigenvalue weighted by atomic mass is 9.87. The van der Waals surface area contributed by atoms with Crippen LogP contribution in [0.3, 0.4) is 0 Å². The summed E-state index contributed by atoms with van der Waals surface area (Å²) in [6.45, 7) is 6.58. The molecule has 0 fully saturated rings. The van der Waals surface area contributed by atoms with Crippen LogP contribution >= 0.6 is 0 Å². The Morgan fingerprint density at radius 1 is 1.19 bits per heavy atom. The third-order valence-corrected chi connectivity index (χ3v) is 6.63. The topological polar surface area (TPSA) is 92.5 Å². The minimum absolute atomic E-state index is 0.00841. The number of aromatic nitrogens is 2. The molecule has 3 rings (SSSR count). The fraction of sp³-hybridized carbons (Fsp3) is 0.444. The van der Waals surface area contributed by atoms with Crippen molar-refractivity contribution in [2.45, 2.75) is 44.0 Å². The summed E-state index contributed by atoms with van der Waals surface area (Å²) in [4.78, 5) is 11.5. The first-order valence-electron chi connectivity index (χ1n) is 8.40. The van der Waals surface area contributed by atoms with Gasteiger partial charge in [-0.1, -0.05) is 32.9 Å². The zero-order valence-electron chi connectivity index (χ0n) is 15.4. The number of carbonyl (C=O) groups is 1. The number of hydrogen-bond donors (Lipinski definition) is 1. The van der Waals surface area contributed by atoms with Crippen LogP contribution in [0, 0.1) is 0 Å². The Balaban J connectivity index is 1.91. The Morgan fingerprint density at radius 3 is 2.35 bits per heavy atom. The molecule has 0 amide bonds. The number of fused-ring (bicyclic) bond motifs is 1. The minimum atomic E-state index is -3.65. The molecule has 2 aromatic rings. The van der Waals surface area contributed by atoms with Crippen LogP contribution in [0.5, 0.6) is 0 Å². The molecule has 0 spiro atoms. The summed E-state index contributed by atoms with van der Waals surface area (Å²) in [5, 5.41) is 13.3. The first kappa shape index (κ1) is 18.6. The molecule has 0 bridgehead atoms. The van der Waals surface area contributed by atoms with E-state index in [1.807, 2.05) is 12.1 Å². The molecule has 8 heteroatoms. The van der Waals surface area contributed by atoms with Crippen LogP contribution in [0.2, 0.25) is 0 Å². The number of carboxylic acid groups (broad SMARTS) is 1. The van der Waals surface area contributed by atoms with Crippen molar-refractivity contribution in [3.8, 4) is 0 Å². The molecule has 0 saturated heterocycles. The van der Waals surface area contributed by atoms with Gasteiger partial charge in [0.15, 0.2) is 5.69 Å². The van der Waals surface area contributed by atoms with Crippen molar-refractivity contribution in [1.82, 2.24) is 14.1 Å². The smallest absolute Gasteiger partial charge is 0.356 e. The average molecular weight is 377 g/mol. The van der Waals surface area contributed by atoms with Gasteiger partial charge in [-0.3, -0.25) is 4.68 Å². The molecule has 0 radical (unpaired) electrons. The molecule has 26 heavy (non-hydrogen) atoms. The van der Waals surface area contributed by atoms with E-state index in [0.29, 0.717) is 17.7 Å². The standard InChI is InChI=1S/C18H23N3O4S/c1-18(2,3)12-5-7-13(8-6-12)26(24,25)21-10-9-14-15(11-21)20(4)19-16(14)17(22)23/h5-8H,9-11H2,1-4H3,(H,22,23). The van der Waals surface area contributed by atoms with E-state index in [-0.39, 0.29) is 29.1 Å². The van der Waals surface area contributed by atoms with Gasteiger partial charge in [0, 0.05) is 19.2 Å². The van der Waals surface area contributed by atoms with Crippen molar-refractivity contribution >= 4 is 16.0 Å². The molecule has 0 aliphatic carbocycles. The van der Waals surface area contributed by atoms with Crippen LogP contribution in [0.4, 0.5) is 0 Å².